The summed E-state index contributed by atoms with van der Waals surface area (Å²) >= 11 is 0. The molecule has 156 valence electrons. The first kappa shape index (κ1) is 19.5. The number of carbonyl (C=O) groups is 3. The van der Waals surface area contributed by atoms with Gasteiger partial charge in [0.2, 0.25) is 0 Å². The largest absolute Gasteiger partial charge is 0.464 e. The van der Waals surface area contributed by atoms with Gasteiger partial charge in [-0.2, -0.15) is 0 Å². The highest BCUT2D eigenvalue weighted by molar-refractivity contribution is 6.28. The van der Waals surface area contributed by atoms with Gasteiger partial charge < -0.3 is 14.2 Å². The molecule has 0 saturated heterocycles. The van der Waals surface area contributed by atoms with Gasteiger partial charge in [-0.05, 0) is 38.4 Å². The van der Waals surface area contributed by atoms with Crippen molar-refractivity contribution >= 4 is 17.5 Å². The number of carbonyl (C=O) groups excluding carboxylic acids is 3. The number of ketones is 2. The second kappa shape index (κ2) is 7.32. The van der Waals surface area contributed by atoms with Gasteiger partial charge in [-0.1, -0.05) is 24.3 Å². The smallest absolute Gasteiger partial charge is 0.254 e. The van der Waals surface area contributed by atoms with Crippen LogP contribution in [0.15, 0.2) is 52.9 Å². The fraction of sp³-hybridized carbons (Fsp3) is 0.240. The van der Waals surface area contributed by atoms with Gasteiger partial charge in [0.15, 0.2) is 11.6 Å². The molecule has 2 aliphatic rings. The fourth-order valence-corrected chi connectivity index (χ4v) is 4.37. The molecule has 0 bridgehead atoms. The SMILES string of the molecule is CN(C)Cc1cc2c(o1)CCN(C(=O)c1ccc3c(c1)C(=O)c1ccccc1C3=O)C2. The van der Waals surface area contributed by atoms with E-state index in [1.807, 2.05) is 25.1 Å². The molecule has 0 saturated carbocycles. The molecule has 31 heavy (non-hydrogen) atoms. The Bertz CT molecular complexity index is 1240. The first-order valence-electron chi connectivity index (χ1n) is 10.3. The monoisotopic (exact) mass is 414 g/mol. The Morgan fingerprint density at radius 1 is 0.968 bits per heavy atom. The zero-order valence-electron chi connectivity index (χ0n) is 17.5. The molecule has 0 spiro atoms. The Morgan fingerprint density at radius 2 is 1.65 bits per heavy atom. The number of rotatable bonds is 3. The quantitative estimate of drug-likeness (QED) is 0.514. The molecule has 1 aromatic heterocycles. The number of nitrogens with zero attached hydrogens (tertiary/aromatic N) is 2. The van der Waals surface area contributed by atoms with Crippen LogP contribution in [-0.2, 0) is 19.5 Å². The molecule has 5 rings (SSSR count). The molecular weight excluding hydrogens is 392 g/mol. The molecule has 0 fully saturated rings. The third-order valence-electron chi connectivity index (χ3n) is 5.85. The maximum atomic E-state index is 13.2. The third kappa shape index (κ3) is 3.29. The van der Waals surface area contributed by atoms with Gasteiger partial charge in [-0.3, -0.25) is 14.4 Å². The van der Waals surface area contributed by atoms with Crippen molar-refractivity contribution in [1.29, 1.82) is 0 Å². The second-order valence-corrected chi connectivity index (χ2v) is 8.34. The number of hydrogen-bond acceptors (Lipinski definition) is 5. The van der Waals surface area contributed by atoms with Crippen LogP contribution in [0.1, 0.15) is 59.3 Å². The molecule has 0 atom stereocenters. The van der Waals surface area contributed by atoms with Crippen molar-refractivity contribution in [2.24, 2.45) is 0 Å². The zero-order chi connectivity index (χ0) is 21.7. The summed E-state index contributed by atoms with van der Waals surface area (Å²) in [5.74, 6) is 1.27. The number of benzene rings is 2. The number of amides is 1. The number of fused-ring (bicyclic) bond motifs is 3. The van der Waals surface area contributed by atoms with Crippen LogP contribution in [0.2, 0.25) is 0 Å². The zero-order valence-corrected chi connectivity index (χ0v) is 17.5. The summed E-state index contributed by atoms with van der Waals surface area (Å²) in [4.78, 5) is 42.8. The van der Waals surface area contributed by atoms with Crippen molar-refractivity contribution < 1.29 is 18.8 Å². The molecule has 3 aromatic rings. The van der Waals surface area contributed by atoms with E-state index in [4.69, 9.17) is 4.42 Å². The molecule has 2 heterocycles. The highest BCUT2D eigenvalue weighted by Gasteiger charge is 2.31. The number of hydrogen-bond donors (Lipinski definition) is 0. The minimum atomic E-state index is -0.219. The average Bonchev–Trinajstić information content (AvgIpc) is 3.17. The van der Waals surface area contributed by atoms with Crippen LogP contribution in [0.4, 0.5) is 0 Å². The maximum Gasteiger partial charge on any atom is 0.254 e. The topological polar surface area (TPSA) is 70.8 Å². The molecule has 6 heteroatoms. The molecule has 1 aliphatic heterocycles. The van der Waals surface area contributed by atoms with Crippen LogP contribution in [0.5, 0.6) is 0 Å². The van der Waals surface area contributed by atoms with Crippen molar-refractivity contribution in [3.63, 3.8) is 0 Å². The minimum Gasteiger partial charge on any atom is -0.464 e. The molecule has 1 aliphatic carbocycles. The van der Waals surface area contributed by atoms with Gasteiger partial charge in [0.05, 0.1) is 6.54 Å². The minimum absolute atomic E-state index is 0.150. The van der Waals surface area contributed by atoms with Crippen molar-refractivity contribution in [1.82, 2.24) is 9.80 Å². The Labute approximate surface area is 180 Å². The van der Waals surface area contributed by atoms with Crippen LogP contribution in [0.3, 0.4) is 0 Å². The summed E-state index contributed by atoms with van der Waals surface area (Å²) in [6, 6.07) is 13.6. The van der Waals surface area contributed by atoms with Crippen LogP contribution in [0, 0.1) is 0 Å². The van der Waals surface area contributed by atoms with E-state index in [1.54, 1.807) is 47.4 Å². The predicted molar refractivity (Wildman–Crippen MR) is 114 cm³/mol. The summed E-state index contributed by atoms with van der Waals surface area (Å²) in [6.07, 6.45) is 0.657. The Hall–Kier alpha value is -3.51. The second-order valence-electron chi connectivity index (χ2n) is 8.34. The van der Waals surface area contributed by atoms with E-state index in [1.165, 1.54) is 0 Å². The molecule has 1 amide bonds. The van der Waals surface area contributed by atoms with E-state index in [0.29, 0.717) is 53.9 Å². The normalized spacial score (nSPS) is 15.0. The molecular formula is C25H22N2O4. The Kier molecular flexibility index (Phi) is 4.59. The van der Waals surface area contributed by atoms with Gasteiger partial charge in [0.1, 0.15) is 11.5 Å². The molecule has 2 aromatic carbocycles. The lowest BCUT2D eigenvalue weighted by Crippen LogP contribution is -2.35. The highest BCUT2D eigenvalue weighted by Crippen LogP contribution is 2.29. The number of furan rings is 1. The van der Waals surface area contributed by atoms with Gasteiger partial charge in [-0.15, -0.1) is 0 Å². The van der Waals surface area contributed by atoms with Crippen molar-refractivity contribution in [3.8, 4) is 0 Å². The Morgan fingerprint density at radius 3 is 2.35 bits per heavy atom. The molecule has 0 N–H and O–H groups in total. The van der Waals surface area contributed by atoms with Gasteiger partial charge in [0, 0.05) is 52.9 Å². The Balaban J connectivity index is 1.42. The highest BCUT2D eigenvalue weighted by atomic mass is 16.3. The lowest BCUT2D eigenvalue weighted by Gasteiger charge is -2.27. The van der Waals surface area contributed by atoms with Crippen LogP contribution in [-0.4, -0.2) is 47.9 Å². The van der Waals surface area contributed by atoms with Crippen molar-refractivity contribution in [2.75, 3.05) is 20.6 Å². The van der Waals surface area contributed by atoms with E-state index in [0.717, 1.165) is 17.1 Å². The standard InChI is InChI=1S/C25H22N2O4/c1-26(2)14-17-11-16-13-27(10-9-22(16)31-17)25(30)15-7-8-20-21(12-15)24(29)19-6-4-3-5-18(19)23(20)28/h3-8,11-12H,9-10,13-14H2,1-2H3. The lowest BCUT2D eigenvalue weighted by atomic mass is 9.83. The van der Waals surface area contributed by atoms with E-state index >= 15 is 0 Å². The summed E-state index contributed by atoms with van der Waals surface area (Å²) in [7, 11) is 3.97. The van der Waals surface area contributed by atoms with E-state index in [2.05, 4.69) is 0 Å². The van der Waals surface area contributed by atoms with Crippen molar-refractivity contribution in [3.05, 3.63) is 93.4 Å². The van der Waals surface area contributed by atoms with E-state index in [9.17, 15) is 14.4 Å². The van der Waals surface area contributed by atoms with Gasteiger partial charge in [0.25, 0.3) is 5.91 Å². The maximum absolute atomic E-state index is 13.2. The predicted octanol–water partition coefficient (Wildman–Crippen LogP) is 3.32. The van der Waals surface area contributed by atoms with Gasteiger partial charge in [-0.25, -0.2) is 0 Å². The van der Waals surface area contributed by atoms with Crippen LogP contribution < -0.4 is 0 Å². The summed E-state index contributed by atoms with van der Waals surface area (Å²) in [5.41, 5.74) is 2.89. The summed E-state index contributed by atoms with van der Waals surface area (Å²) in [5, 5.41) is 0. The third-order valence-corrected chi connectivity index (χ3v) is 5.85. The summed E-state index contributed by atoms with van der Waals surface area (Å²) < 4.78 is 5.92. The van der Waals surface area contributed by atoms with Crippen molar-refractivity contribution in [2.45, 2.75) is 19.5 Å². The first-order chi connectivity index (χ1) is 14.9. The fourth-order valence-electron chi connectivity index (χ4n) is 4.37. The van der Waals surface area contributed by atoms with E-state index in [-0.39, 0.29) is 17.5 Å². The van der Waals surface area contributed by atoms with Crippen LogP contribution in [0.25, 0.3) is 0 Å². The van der Waals surface area contributed by atoms with Crippen LogP contribution >= 0.6 is 0 Å². The molecule has 6 nitrogen and oxygen atoms in total. The average molecular weight is 414 g/mol. The van der Waals surface area contributed by atoms with Gasteiger partial charge >= 0.3 is 0 Å². The summed E-state index contributed by atoms with van der Waals surface area (Å²) in [6.45, 7) is 1.73. The first-order valence-corrected chi connectivity index (χ1v) is 10.3. The molecule has 0 unspecified atom stereocenters. The van der Waals surface area contributed by atoms with E-state index < -0.39 is 0 Å². The lowest BCUT2D eigenvalue weighted by molar-refractivity contribution is 0.0729. The molecule has 0 radical (unpaired) electrons.